The summed E-state index contributed by atoms with van der Waals surface area (Å²) in [7, 11) is -1.76. The number of likely N-dealkylation sites (N-methyl/N-ethyl adjacent to an activating group) is 1. The fourth-order valence-electron chi connectivity index (χ4n) is 1.39. The molecule has 0 unspecified atom stereocenters. The van der Waals surface area contributed by atoms with Crippen molar-refractivity contribution in [3.05, 3.63) is 24.3 Å². The molecule has 0 saturated carbocycles. The van der Waals surface area contributed by atoms with E-state index in [0.717, 1.165) is 0 Å². The molecular weight excluding hydrogens is 278 g/mol. The molecule has 0 aliphatic heterocycles. The summed E-state index contributed by atoms with van der Waals surface area (Å²) in [6.45, 7) is 5.56. The summed E-state index contributed by atoms with van der Waals surface area (Å²) in [5.74, 6) is -0.192. The van der Waals surface area contributed by atoms with Gasteiger partial charge in [-0.2, -0.15) is 0 Å². The van der Waals surface area contributed by atoms with Crippen molar-refractivity contribution >= 4 is 21.6 Å². The van der Waals surface area contributed by atoms with Gasteiger partial charge in [0, 0.05) is 12.2 Å². The minimum Gasteiger partial charge on any atom is -0.325 e. The van der Waals surface area contributed by atoms with E-state index in [1.54, 1.807) is 40.0 Å². The SMILES string of the molecule is CCNS(=O)(=O)c1ccc(NC(=O)C(C)(C)NC)cc1. The second-order valence-electron chi connectivity index (χ2n) is 4.85. The molecule has 6 nitrogen and oxygen atoms in total. The number of hydrogen-bond donors (Lipinski definition) is 3. The van der Waals surface area contributed by atoms with Gasteiger partial charge in [0.15, 0.2) is 0 Å². The molecule has 0 aromatic heterocycles. The van der Waals surface area contributed by atoms with Crippen LogP contribution in [0.3, 0.4) is 0 Å². The number of carbonyl (C=O) groups excluding carboxylic acids is 1. The van der Waals surface area contributed by atoms with Gasteiger partial charge in [-0.25, -0.2) is 13.1 Å². The zero-order valence-electron chi connectivity index (χ0n) is 12.1. The van der Waals surface area contributed by atoms with Gasteiger partial charge in [-0.1, -0.05) is 6.92 Å². The average molecular weight is 299 g/mol. The van der Waals surface area contributed by atoms with Gasteiger partial charge in [0.05, 0.1) is 10.4 Å². The van der Waals surface area contributed by atoms with Crippen molar-refractivity contribution < 1.29 is 13.2 Å². The topological polar surface area (TPSA) is 87.3 Å². The first-order valence-corrected chi connectivity index (χ1v) is 7.81. The molecule has 7 heteroatoms. The molecule has 0 saturated heterocycles. The van der Waals surface area contributed by atoms with E-state index in [4.69, 9.17) is 0 Å². The zero-order chi connectivity index (χ0) is 15.4. The van der Waals surface area contributed by atoms with E-state index in [9.17, 15) is 13.2 Å². The van der Waals surface area contributed by atoms with E-state index in [1.165, 1.54) is 12.1 Å². The van der Waals surface area contributed by atoms with Crippen molar-refractivity contribution in [3.63, 3.8) is 0 Å². The van der Waals surface area contributed by atoms with Crippen LogP contribution >= 0.6 is 0 Å². The third-order valence-corrected chi connectivity index (χ3v) is 4.51. The van der Waals surface area contributed by atoms with Gasteiger partial charge < -0.3 is 10.6 Å². The van der Waals surface area contributed by atoms with Crippen molar-refractivity contribution in [1.29, 1.82) is 0 Å². The van der Waals surface area contributed by atoms with Crippen LogP contribution in [0.5, 0.6) is 0 Å². The third kappa shape index (κ3) is 4.03. The van der Waals surface area contributed by atoms with Crippen LogP contribution in [0.1, 0.15) is 20.8 Å². The number of carbonyl (C=O) groups is 1. The molecule has 0 aliphatic carbocycles. The molecule has 1 aromatic rings. The lowest BCUT2D eigenvalue weighted by atomic mass is 10.1. The Bertz CT molecular complexity index is 565. The van der Waals surface area contributed by atoms with Crippen molar-refractivity contribution in [1.82, 2.24) is 10.0 Å². The van der Waals surface area contributed by atoms with Gasteiger partial charge >= 0.3 is 0 Å². The van der Waals surface area contributed by atoms with Crippen molar-refractivity contribution in [2.24, 2.45) is 0 Å². The van der Waals surface area contributed by atoms with Gasteiger partial charge in [0.1, 0.15) is 0 Å². The highest BCUT2D eigenvalue weighted by Crippen LogP contribution is 2.15. The Kier molecular flexibility index (Phi) is 5.27. The lowest BCUT2D eigenvalue weighted by Crippen LogP contribution is -2.47. The number of anilines is 1. The van der Waals surface area contributed by atoms with Crippen molar-refractivity contribution in [3.8, 4) is 0 Å². The van der Waals surface area contributed by atoms with E-state index in [2.05, 4.69) is 15.4 Å². The molecule has 1 amide bonds. The summed E-state index contributed by atoms with van der Waals surface area (Å²) in [5, 5.41) is 5.62. The molecule has 0 heterocycles. The second-order valence-corrected chi connectivity index (χ2v) is 6.62. The van der Waals surface area contributed by atoms with E-state index >= 15 is 0 Å². The third-order valence-electron chi connectivity index (χ3n) is 2.95. The van der Waals surface area contributed by atoms with Crippen LogP contribution in [0.2, 0.25) is 0 Å². The molecule has 0 bridgehead atoms. The first kappa shape index (κ1) is 16.6. The maximum absolute atomic E-state index is 11.9. The molecule has 0 spiro atoms. The highest BCUT2D eigenvalue weighted by atomic mass is 32.2. The summed E-state index contributed by atoms with van der Waals surface area (Å²) in [6.07, 6.45) is 0. The van der Waals surface area contributed by atoms with Gasteiger partial charge in [0.2, 0.25) is 15.9 Å². The summed E-state index contributed by atoms with van der Waals surface area (Å²) in [6, 6.07) is 6.04. The van der Waals surface area contributed by atoms with Crippen LogP contribution < -0.4 is 15.4 Å². The highest BCUT2D eigenvalue weighted by Gasteiger charge is 2.25. The van der Waals surface area contributed by atoms with Crippen LogP contribution in [-0.4, -0.2) is 33.5 Å². The fraction of sp³-hybridized carbons (Fsp3) is 0.462. The second kappa shape index (κ2) is 6.34. The predicted molar refractivity (Wildman–Crippen MR) is 79.1 cm³/mol. The number of benzene rings is 1. The van der Waals surface area contributed by atoms with Gasteiger partial charge in [-0.3, -0.25) is 4.79 Å². The van der Waals surface area contributed by atoms with Crippen LogP contribution in [-0.2, 0) is 14.8 Å². The standard InChI is InChI=1S/C13H21N3O3S/c1-5-15-20(18,19)11-8-6-10(7-9-11)16-12(17)13(2,3)14-4/h6-9,14-15H,5H2,1-4H3,(H,16,17). The molecule has 3 N–H and O–H groups in total. The first-order chi connectivity index (χ1) is 9.23. The zero-order valence-corrected chi connectivity index (χ0v) is 13.0. The molecule has 20 heavy (non-hydrogen) atoms. The van der Waals surface area contributed by atoms with E-state index in [0.29, 0.717) is 12.2 Å². The quantitative estimate of drug-likeness (QED) is 0.729. The summed E-state index contributed by atoms with van der Waals surface area (Å²) in [4.78, 5) is 12.1. The molecule has 0 radical (unpaired) electrons. The first-order valence-electron chi connectivity index (χ1n) is 6.33. The summed E-state index contributed by atoms with van der Waals surface area (Å²) in [5.41, 5.74) is -0.150. The van der Waals surface area contributed by atoms with Crippen LogP contribution in [0.25, 0.3) is 0 Å². The van der Waals surface area contributed by atoms with Crippen molar-refractivity contribution in [2.75, 3.05) is 18.9 Å². The number of sulfonamides is 1. The molecule has 0 atom stereocenters. The largest absolute Gasteiger partial charge is 0.325 e. The number of rotatable bonds is 6. The number of hydrogen-bond acceptors (Lipinski definition) is 4. The van der Waals surface area contributed by atoms with E-state index in [-0.39, 0.29) is 10.8 Å². The molecule has 1 aromatic carbocycles. The lowest BCUT2D eigenvalue weighted by molar-refractivity contribution is -0.121. The number of amides is 1. The van der Waals surface area contributed by atoms with Crippen LogP contribution in [0.15, 0.2) is 29.2 Å². The fourth-order valence-corrected chi connectivity index (χ4v) is 2.43. The Morgan fingerprint density at radius 3 is 2.20 bits per heavy atom. The van der Waals surface area contributed by atoms with Crippen LogP contribution in [0.4, 0.5) is 5.69 Å². The normalized spacial score (nSPS) is 12.2. The molecular formula is C13H21N3O3S. The molecule has 1 rings (SSSR count). The lowest BCUT2D eigenvalue weighted by Gasteiger charge is -2.22. The molecule has 112 valence electrons. The van der Waals surface area contributed by atoms with Gasteiger partial charge in [-0.15, -0.1) is 0 Å². The summed E-state index contributed by atoms with van der Waals surface area (Å²) >= 11 is 0. The Hall–Kier alpha value is -1.44. The Labute approximate surface area is 120 Å². The predicted octanol–water partition coefficient (Wildman–Crippen LogP) is 0.921. The smallest absolute Gasteiger partial charge is 0.244 e. The monoisotopic (exact) mass is 299 g/mol. The molecule has 0 fully saturated rings. The highest BCUT2D eigenvalue weighted by molar-refractivity contribution is 7.89. The van der Waals surface area contributed by atoms with E-state index in [1.807, 2.05) is 0 Å². The molecule has 0 aliphatic rings. The Morgan fingerprint density at radius 1 is 1.20 bits per heavy atom. The Balaban J connectivity index is 2.86. The van der Waals surface area contributed by atoms with E-state index < -0.39 is 15.6 Å². The minimum atomic E-state index is -3.46. The van der Waals surface area contributed by atoms with Crippen LogP contribution in [0, 0.1) is 0 Å². The minimum absolute atomic E-state index is 0.172. The summed E-state index contributed by atoms with van der Waals surface area (Å²) < 4.78 is 25.9. The maximum atomic E-state index is 11.9. The Morgan fingerprint density at radius 2 is 1.75 bits per heavy atom. The van der Waals surface area contributed by atoms with Gasteiger partial charge in [0.25, 0.3) is 0 Å². The number of nitrogens with one attached hydrogen (secondary N) is 3. The maximum Gasteiger partial charge on any atom is 0.244 e. The van der Waals surface area contributed by atoms with Crippen molar-refractivity contribution in [2.45, 2.75) is 31.2 Å². The van der Waals surface area contributed by atoms with Gasteiger partial charge in [-0.05, 0) is 45.2 Å². The average Bonchev–Trinajstić information content (AvgIpc) is 2.39.